The van der Waals surface area contributed by atoms with Crippen LogP contribution in [0.3, 0.4) is 0 Å². The molecule has 0 saturated carbocycles. The molecule has 2 heterocycles. The molecular formula is C19H24O6. The van der Waals surface area contributed by atoms with Crippen LogP contribution in [0.15, 0.2) is 22.3 Å². The van der Waals surface area contributed by atoms with Crippen molar-refractivity contribution in [3.8, 4) is 0 Å². The van der Waals surface area contributed by atoms with Crippen molar-refractivity contribution in [2.24, 2.45) is 11.8 Å². The highest BCUT2D eigenvalue weighted by Gasteiger charge is 2.55. The maximum Gasteiger partial charge on any atom is 0.333 e. The fourth-order valence-corrected chi connectivity index (χ4v) is 3.84. The minimum absolute atomic E-state index is 0.170. The molecule has 0 radical (unpaired) electrons. The minimum Gasteiger partial charge on any atom is -0.469 e. The summed E-state index contributed by atoms with van der Waals surface area (Å²) < 4.78 is 16.8. The minimum atomic E-state index is -1.25. The molecule has 136 valence electrons. The number of aliphatic hydroxyl groups is 1. The van der Waals surface area contributed by atoms with Gasteiger partial charge in [0.25, 0.3) is 0 Å². The van der Waals surface area contributed by atoms with Crippen molar-refractivity contribution in [2.75, 3.05) is 0 Å². The van der Waals surface area contributed by atoms with Gasteiger partial charge in [0.1, 0.15) is 18.0 Å². The maximum absolute atomic E-state index is 12.3. The molecule has 1 aromatic rings. The van der Waals surface area contributed by atoms with E-state index in [0.29, 0.717) is 22.5 Å². The van der Waals surface area contributed by atoms with Crippen LogP contribution in [0.4, 0.5) is 0 Å². The number of hydrogen-bond acceptors (Lipinski definition) is 6. The summed E-state index contributed by atoms with van der Waals surface area (Å²) >= 11 is 0. The molecule has 3 rings (SSSR count). The molecule has 1 aliphatic carbocycles. The van der Waals surface area contributed by atoms with Crippen LogP contribution < -0.4 is 0 Å². The summed E-state index contributed by atoms with van der Waals surface area (Å²) in [7, 11) is 0. The van der Waals surface area contributed by atoms with Gasteiger partial charge in [0.05, 0.1) is 23.7 Å². The first kappa shape index (κ1) is 17.7. The van der Waals surface area contributed by atoms with Crippen molar-refractivity contribution in [1.29, 1.82) is 0 Å². The molecule has 2 aliphatic rings. The van der Waals surface area contributed by atoms with Gasteiger partial charge in [0.15, 0.2) is 0 Å². The Morgan fingerprint density at radius 2 is 2.16 bits per heavy atom. The van der Waals surface area contributed by atoms with Crippen LogP contribution in [0.2, 0.25) is 0 Å². The third kappa shape index (κ3) is 2.78. The number of ether oxygens (including phenoxy) is 2. The van der Waals surface area contributed by atoms with Gasteiger partial charge >= 0.3 is 11.9 Å². The second-order valence-corrected chi connectivity index (χ2v) is 7.24. The molecule has 0 spiro atoms. The number of esters is 2. The van der Waals surface area contributed by atoms with Crippen molar-refractivity contribution in [2.45, 2.75) is 58.8 Å². The molecule has 5 unspecified atom stereocenters. The number of aryl methyl sites for hydroxylation is 1. The van der Waals surface area contributed by atoms with Gasteiger partial charge in [-0.3, -0.25) is 4.79 Å². The van der Waals surface area contributed by atoms with Gasteiger partial charge in [-0.25, -0.2) is 4.79 Å². The highest BCUT2D eigenvalue weighted by molar-refractivity contribution is 5.87. The summed E-state index contributed by atoms with van der Waals surface area (Å²) in [6.07, 6.45) is 2.11. The number of carbonyl (C=O) groups excluding carboxylic acids is 2. The molecule has 6 heteroatoms. The molecule has 6 nitrogen and oxygen atoms in total. The quantitative estimate of drug-likeness (QED) is 0.653. The maximum atomic E-state index is 12.3. The molecule has 1 saturated heterocycles. The molecule has 0 bridgehead atoms. The van der Waals surface area contributed by atoms with E-state index >= 15 is 0 Å². The summed E-state index contributed by atoms with van der Waals surface area (Å²) in [4.78, 5) is 24.5. The zero-order valence-corrected chi connectivity index (χ0v) is 15.2. The zero-order chi connectivity index (χ0) is 18.5. The first-order valence-electron chi connectivity index (χ1n) is 8.52. The number of furan rings is 1. The lowest BCUT2D eigenvalue weighted by Gasteiger charge is -2.29. The van der Waals surface area contributed by atoms with Gasteiger partial charge in [-0.2, -0.15) is 0 Å². The van der Waals surface area contributed by atoms with E-state index in [1.165, 1.54) is 6.26 Å². The van der Waals surface area contributed by atoms with E-state index in [9.17, 15) is 14.7 Å². The first-order chi connectivity index (χ1) is 11.7. The van der Waals surface area contributed by atoms with Gasteiger partial charge in [-0.05, 0) is 27.7 Å². The Kier molecular flexibility index (Phi) is 4.27. The van der Waals surface area contributed by atoms with Crippen molar-refractivity contribution in [3.05, 3.63) is 34.8 Å². The molecule has 1 aromatic heterocycles. The second-order valence-electron chi connectivity index (χ2n) is 7.24. The van der Waals surface area contributed by atoms with Gasteiger partial charge in [0.2, 0.25) is 0 Å². The fourth-order valence-electron chi connectivity index (χ4n) is 3.84. The highest BCUT2D eigenvalue weighted by atomic mass is 16.6. The van der Waals surface area contributed by atoms with E-state index in [0.717, 1.165) is 0 Å². The van der Waals surface area contributed by atoms with Gasteiger partial charge in [0, 0.05) is 23.1 Å². The number of hydrogen-bond donors (Lipinski definition) is 1. The SMILES string of the molecule is C/C=C(\C)C(=O)OC1CC(C)(O)c2coc(C)c2C2OC(=O)C(C)C12. The summed E-state index contributed by atoms with van der Waals surface area (Å²) in [5.41, 5.74) is 0.506. The topological polar surface area (TPSA) is 86.0 Å². The molecule has 1 fully saturated rings. The Morgan fingerprint density at radius 3 is 2.80 bits per heavy atom. The smallest absolute Gasteiger partial charge is 0.333 e. The van der Waals surface area contributed by atoms with Crippen LogP contribution in [-0.4, -0.2) is 23.1 Å². The lowest BCUT2D eigenvalue weighted by Crippen LogP contribution is -2.36. The Bertz CT molecular complexity index is 741. The Balaban J connectivity index is 2.06. The average molecular weight is 348 g/mol. The number of rotatable bonds is 2. The summed E-state index contributed by atoms with van der Waals surface area (Å²) in [5.74, 6) is -0.984. The normalized spacial score (nSPS) is 34.8. The van der Waals surface area contributed by atoms with Crippen LogP contribution in [0.5, 0.6) is 0 Å². The molecule has 0 amide bonds. The molecule has 1 N–H and O–H groups in total. The first-order valence-corrected chi connectivity index (χ1v) is 8.52. The van der Waals surface area contributed by atoms with Crippen LogP contribution in [0, 0.1) is 18.8 Å². The molecule has 25 heavy (non-hydrogen) atoms. The van der Waals surface area contributed by atoms with Gasteiger partial charge < -0.3 is 19.0 Å². The highest BCUT2D eigenvalue weighted by Crippen LogP contribution is 2.51. The summed E-state index contributed by atoms with van der Waals surface area (Å²) in [6.45, 7) is 8.64. The Morgan fingerprint density at radius 1 is 1.48 bits per heavy atom. The van der Waals surface area contributed by atoms with Crippen LogP contribution in [-0.2, 0) is 24.7 Å². The summed E-state index contributed by atoms with van der Waals surface area (Å²) in [5, 5.41) is 11.0. The third-order valence-electron chi connectivity index (χ3n) is 5.47. The van der Waals surface area contributed by atoms with E-state index < -0.39 is 29.7 Å². The van der Waals surface area contributed by atoms with Crippen LogP contribution in [0.1, 0.15) is 57.1 Å². The van der Waals surface area contributed by atoms with E-state index in [2.05, 4.69) is 0 Å². The van der Waals surface area contributed by atoms with E-state index in [-0.39, 0.29) is 18.3 Å². The van der Waals surface area contributed by atoms with E-state index in [1.54, 1.807) is 40.7 Å². The average Bonchev–Trinajstić information content (AvgIpc) is 3.03. The van der Waals surface area contributed by atoms with Crippen molar-refractivity contribution < 1.29 is 28.6 Å². The number of allylic oxidation sites excluding steroid dienone is 1. The van der Waals surface area contributed by atoms with Crippen molar-refractivity contribution in [1.82, 2.24) is 0 Å². The predicted octanol–water partition coefficient (Wildman–Crippen LogP) is 2.93. The van der Waals surface area contributed by atoms with Crippen LogP contribution in [0.25, 0.3) is 0 Å². The van der Waals surface area contributed by atoms with E-state index in [1.807, 2.05) is 0 Å². The molecule has 0 aromatic carbocycles. The summed E-state index contributed by atoms with van der Waals surface area (Å²) in [6, 6.07) is 0. The number of carbonyl (C=O) groups is 2. The van der Waals surface area contributed by atoms with Crippen molar-refractivity contribution in [3.63, 3.8) is 0 Å². The predicted molar refractivity (Wildman–Crippen MR) is 88.4 cm³/mol. The molecule has 5 atom stereocenters. The standard InChI is InChI=1S/C19H24O6/c1-6-9(2)17(20)24-13-7-19(5,22)12-8-23-11(4)15(12)16-14(13)10(3)18(21)25-16/h6,8,10,13-14,16,22H,7H2,1-5H3/b9-6+. The number of fused-ring (bicyclic) bond motifs is 3. The Labute approximate surface area is 146 Å². The lowest BCUT2D eigenvalue weighted by molar-refractivity contribution is -0.152. The second kappa shape index (κ2) is 6.02. The Hall–Kier alpha value is -2.08. The molecule has 1 aliphatic heterocycles. The van der Waals surface area contributed by atoms with E-state index in [4.69, 9.17) is 13.9 Å². The third-order valence-corrected chi connectivity index (χ3v) is 5.47. The zero-order valence-electron chi connectivity index (χ0n) is 15.2. The van der Waals surface area contributed by atoms with Gasteiger partial charge in [-0.1, -0.05) is 13.0 Å². The van der Waals surface area contributed by atoms with Crippen molar-refractivity contribution >= 4 is 11.9 Å². The van der Waals surface area contributed by atoms with Crippen LogP contribution >= 0.6 is 0 Å². The molecular weight excluding hydrogens is 324 g/mol. The fraction of sp³-hybridized carbons (Fsp3) is 0.579. The monoisotopic (exact) mass is 348 g/mol. The lowest BCUT2D eigenvalue weighted by atomic mass is 9.83. The van der Waals surface area contributed by atoms with Gasteiger partial charge in [-0.15, -0.1) is 0 Å². The largest absolute Gasteiger partial charge is 0.469 e.